The first-order valence-corrected chi connectivity index (χ1v) is 10.7. The monoisotopic (exact) mass is 383 g/mol. The number of nitrogens with zero attached hydrogens (tertiary/aromatic N) is 2. The number of aromatic nitrogens is 2. The molecule has 0 bridgehead atoms. The fourth-order valence-electron chi connectivity index (χ4n) is 2.74. The zero-order chi connectivity index (χ0) is 18.0. The normalized spacial score (nSPS) is 11.7. The van der Waals surface area contributed by atoms with Crippen LogP contribution in [0.5, 0.6) is 0 Å². The van der Waals surface area contributed by atoms with Crippen LogP contribution in [0.3, 0.4) is 0 Å². The SMILES string of the molecule is O=S(=O)(CCc1ccccc1)Nc1cccc(-c2cn3ccsc3n2)c1. The highest BCUT2D eigenvalue weighted by atomic mass is 32.2. The lowest BCUT2D eigenvalue weighted by atomic mass is 10.1. The fraction of sp³-hybridized carbons (Fsp3) is 0.105. The summed E-state index contributed by atoms with van der Waals surface area (Å²) in [6, 6.07) is 16.9. The van der Waals surface area contributed by atoms with Gasteiger partial charge in [-0.05, 0) is 24.1 Å². The predicted octanol–water partition coefficient (Wildman–Crippen LogP) is 4.05. The molecular formula is C19H17N3O2S2. The molecular weight excluding hydrogens is 366 g/mol. The van der Waals surface area contributed by atoms with E-state index in [1.807, 2.05) is 70.7 Å². The molecule has 0 aliphatic carbocycles. The number of imidazole rings is 1. The van der Waals surface area contributed by atoms with Gasteiger partial charge in [0.1, 0.15) is 0 Å². The van der Waals surface area contributed by atoms with E-state index < -0.39 is 10.0 Å². The van der Waals surface area contributed by atoms with E-state index in [-0.39, 0.29) is 5.75 Å². The molecule has 0 aliphatic rings. The summed E-state index contributed by atoms with van der Waals surface area (Å²) in [5.41, 5.74) is 3.25. The molecule has 7 heteroatoms. The Morgan fingerprint density at radius 1 is 1.08 bits per heavy atom. The van der Waals surface area contributed by atoms with E-state index in [1.165, 1.54) is 0 Å². The molecule has 2 aromatic heterocycles. The van der Waals surface area contributed by atoms with E-state index in [9.17, 15) is 8.42 Å². The number of fused-ring (bicyclic) bond motifs is 1. The van der Waals surface area contributed by atoms with Crippen molar-refractivity contribution in [2.75, 3.05) is 10.5 Å². The quantitative estimate of drug-likeness (QED) is 0.546. The van der Waals surface area contributed by atoms with Gasteiger partial charge in [0.05, 0.1) is 11.4 Å². The van der Waals surface area contributed by atoms with Crippen molar-refractivity contribution in [2.45, 2.75) is 6.42 Å². The van der Waals surface area contributed by atoms with Crippen molar-refractivity contribution in [3.8, 4) is 11.3 Å². The van der Waals surface area contributed by atoms with Crippen LogP contribution >= 0.6 is 11.3 Å². The minimum absolute atomic E-state index is 0.0431. The van der Waals surface area contributed by atoms with Crippen LogP contribution in [0.2, 0.25) is 0 Å². The Kier molecular flexibility index (Phi) is 4.48. The number of benzene rings is 2. The number of sulfonamides is 1. The predicted molar refractivity (Wildman–Crippen MR) is 106 cm³/mol. The average molecular weight is 383 g/mol. The van der Waals surface area contributed by atoms with Gasteiger partial charge in [-0.1, -0.05) is 42.5 Å². The molecule has 0 fully saturated rings. The lowest BCUT2D eigenvalue weighted by Gasteiger charge is -2.09. The third-order valence-electron chi connectivity index (χ3n) is 4.03. The number of hydrogen-bond acceptors (Lipinski definition) is 4. The first-order chi connectivity index (χ1) is 12.6. The first-order valence-electron chi connectivity index (χ1n) is 8.16. The van der Waals surface area contributed by atoms with Crippen LogP contribution in [0.15, 0.2) is 72.4 Å². The number of aryl methyl sites for hydroxylation is 1. The molecule has 4 rings (SSSR count). The average Bonchev–Trinajstić information content (AvgIpc) is 3.23. The maximum Gasteiger partial charge on any atom is 0.233 e. The summed E-state index contributed by atoms with van der Waals surface area (Å²) in [6.07, 6.45) is 4.37. The van der Waals surface area contributed by atoms with E-state index in [4.69, 9.17) is 0 Å². The van der Waals surface area contributed by atoms with Crippen molar-refractivity contribution in [3.05, 3.63) is 77.9 Å². The van der Waals surface area contributed by atoms with Gasteiger partial charge in [-0.15, -0.1) is 11.3 Å². The smallest absolute Gasteiger partial charge is 0.233 e. The molecule has 4 aromatic rings. The van der Waals surface area contributed by atoms with Crippen LogP contribution < -0.4 is 4.72 Å². The van der Waals surface area contributed by atoms with Gasteiger partial charge in [-0.25, -0.2) is 13.4 Å². The minimum Gasteiger partial charge on any atom is -0.297 e. The summed E-state index contributed by atoms with van der Waals surface area (Å²) in [4.78, 5) is 5.47. The second-order valence-corrected chi connectivity index (χ2v) is 8.67. The fourth-order valence-corrected chi connectivity index (χ4v) is 4.53. The maximum absolute atomic E-state index is 12.4. The zero-order valence-electron chi connectivity index (χ0n) is 13.9. The number of anilines is 1. The largest absolute Gasteiger partial charge is 0.297 e. The third kappa shape index (κ3) is 3.79. The van der Waals surface area contributed by atoms with E-state index in [0.29, 0.717) is 12.1 Å². The molecule has 132 valence electrons. The topological polar surface area (TPSA) is 63.5 Å². The molecule has 26 heavy (non-hydrogen) atoms. The number of rotatable bonds is 6. The summed E-state index contributed by atoms with van der Waals surface area (Å²) >= 11 is 1.56. The first kappa shape index (κ1) is 16.8. The van der Waals surface area contributed by atoms with Crippen LogP contribution in [0.4, 0.5) is 5.69 Å². The van der Waals surface area contributed by atoms with Gasteiger partial charge in [0.25, 0.3) is 0 Å². The summed E-state index contributed by atoms with van der Waals surface area (Å²) in [6.45, 7) is 0. The van der Waals surface area contributed by atoms with Crippen molar-refractivity contribution in [1.82, 2.24) is 9.38 Å². The van der Waals surface area contributed by atoms with Gasteiger partial charge >= 0.3 is 0 Å². The van der Waals surface area contributed by atoms with Gasteiger partial charge in [0.15, 0.2) is 4.96 Å². The van der Waals surface area contributed by atoms with Crippen LogP contribution in [0, 0.1) is 0 Å². The molecule has 1 N–H and O–H groups in total. The highest BCUT2D eigenvalue weighted by molar-refractivity contribution is 7.92. The molecule has 0 atom stereocenters. The van der Waals surface area contributed by atoms with Gasteiger partial charge in [-0.2, -0.15) is 0 Å². The van der Waals surface area contributed by atoms with E-state index in [0.717, 1.165) is 21.8 Å². The third-order valence-corrected chi connectivity index (χ3v) is 6.09. The van der Waals surface area contributed by atoms with E-state index in [1.54, 1.807) is 17.4 Å². The molecule has 0 unspecified atom stereocenters. The highest BCUT2D eigenvalue weighted by Crippen LogP contribution is 2.24. The molecule has 0 amide bonds. The van der Waals surface area contributed by atoms with Crippen LogP contribution in [-0.4, -0.2) is 23.6 Å². The Morgan fingerprint density at radius 2 is 1.92 bits per heavy atom. The molecule has 0 saturated carbocycles. The van der Waals surface area contributed by atoms with Crippen LogP contribution in [-0.2, 0) is 16.4 Å². The molecule has 0 spiro atoms. The summed E-state index contributed by atoms with van der Waals surface area (Å²) < 4.78 is 29.4. The van der Waals surface area contributed by atoms with Gasteiger partial charge < -0.3 is 0 Å². The zero-order valence-corrected chi connectivity index (χ0v) is 15.5. The molecule has 0 saturated heterocycles. The van der Waals surface area contributed by atoms with Crippen molar-refractivity contribution >= 4 is 32.0 Å². The standard InChI is InChI=1S/C19H17N3O2S2/c23-26(24,12-9-15-5-2-1-3-6-15)21-17-8-4-7-16(13-17)18-14-22-10-11-25-19(22)20-18/h1-8,10-11,13-14,21H,9,12H2. The van der Waals surface area contributed by atoms with Crippen molar-refractivity contribution in [2.24, 2.45) is 0 Å². The van der Waals surface area contributed by atoms with Gasteiger partial charge in [-0.3, -0.25) is 9.12 Å². The number of hydrogen-bond donors (Lipinski definition) is 1. The van der Waals surface area contributed by atoms with E-state index in [2.05, 4.69) is 9.71 Å². The lowest BCUT2D eigenvalue weighted by Crippen LogP contribution is -2.18. The van der Waals surface area contributed by atoms with Gasteiger partial charge in [0.2, 0.25) is 10.0 Å². The van der Waals surface area contributed by atoms with E-state index >= 15 is 0 Å². The number of thiazole rings is 1. The Hall–Kier alpha value is -2.64. The molecule has 0 aliphatic heterocycles. The Bertz CT molecular complexity index is 1100. The van der Waals surface area contributed by atoms with Crippen LogP contribution in [0.25, 0.3) is 16.2 Å². The Labute approximate surface area is 156 Å². The lowest BCUT2D eigenvalue weighted by molar-refractivity contribution is 0.600. The van der Waals surface area contributed by atoms with Crippen molar-refractivity contribution in [3.63, 3.8) is 0 Å². The number of nitrogens with one attached hydrogen (secondary N) is 1. The minimum atomic E-state index is -3.42. The highest BCUT2D eigenvalue weighted by Gasteiger charge is 2.12. The summed E-state index contributed by atoms with van der Waals surface area (Å²) in [5, 5.41) is 1.98. The second kappa shape index (κ2) is 6.93. The van der Waals surface area contributed by atoms with Crippen molar-refractivity contribution < 1.29 is 8.42 Å². The van der Waals surface area contributed by atoms with Gasteiger partial charge in [0, 0.05) is 29.0 Å². The molecule has 2 aromatic carbocycles. The molecule has 0 radical (unpaired) electrons. The Morgan fingerprint density at radius 3 is 2.73 bits per heavy atom. The Balaban J connectivity index is 1.50. The molecule has 2 heterocycles. The summed E-state index contributed by atoms with van der Waals surface area (Å²) in [5.74, 6) is 0.0431. The van der Waals surface area contributed by atoms with Crippen molar-refractivity contribution in [1.29, 1.82) is 0 Å². The second-order valence-electron chi connectivity index (χ2n) is 5.96. The summed E-state index contributed by atoms with van der Waals surface area (Å²) in [7, 11) is -3.42. The van der Waals surface area contributed by atoms with Crippen LogP contribution in [0.1, 0.15) is 5.56 Å². The maximum atomic E-state index is 12.4. The molecule has 5 nitrogen and oxygen atoms in total.